The van der Waals surface area contributed by atoms with Gasteiger partial charge in [0, 0.05) is 26.5 Å². The molecule has 1 saturated carbocycles. The van der Waals surface area contributed by atoms with E-state index in [0.29, 0.717) is 13.2 Å². The fourth-order valence-corrected chi connectivity index (χ4v) is 2.61. The predicted octanol–water partition coefficient (Wildman–Crippen LogP) is 2.98. The van der Waals surface area contributed by atoms with Crippen LogP contribution < -0.4 is 5.32 Å². The highest BCUT2D eigenvalue weighted by Crippen LogP contribution is 2.44. The molecule has 4 nitrogen and oxygen atoms in total. The number of ether oxygens (including phenoxy) is 2. The lowest BCUT2D eigenvalue weighted by Crippen LogP contribution is -2.42. The zero-order valence-electron chi connectivity index (χ0n) is 12.3. The van der Waals surface area contributed by atoms with Crippen LogP contribution in [-0.4, -0.2) is 26.7 Å². The van der Waals surface area contributed by atoms with Gasteiger partial charge in [-0.1, -0.05) is 18.6 Å². The molecule has 0 bridgehead atoms. The predicted molar refractivity (Wildman–Crippen MR) is 78.6 cm³/mol. The van der Waals surface area contributed by atoms with Crippen molar-refractivity contribution >= 4 is 11.6 Å². The van der Waals surface area contributed by atoms with Crippen LogP contribution in [0.15, 0.2) is 24.3 Å². The molecule has 1 N–H and O–H groups in total. The highest BCUT2D eigenvalue weighted by Gasteiger charge is 2.43. The van der Waals surface area contributed by atoms with Gasteiger partial charge in [-0.15, -0.1) is 0 Å². The van der Waals surface area contributed by atoms with E-state index in [-0.39, 0.29) is 11.3 Å². The molecule has 0 unspecified atom stereocenters. The van der Waals surface area contributed by atoms with Crippen molar-refractivity contribution in [3.8, 4) is 0 Å². The monoisotopic (exact) mass is 277 g/mol. The molecule has 0 aromatic heterocycles. The number of nitrogens with one attached hydrogen (secondary N) is 1. The molecule has 4 heteroatoms. The number of benzene rings is 1. The second-order valence-corrected chi connectivity index (χ2v) is 5.46. The van der Waals surface area contributed by atoms with Gasteiger partial charge in [0.05, 0.1) is 12.0 Å². The number of carbonyl (C=O) groups is 1. The van der Waals surface area contributed by atoms with Crippen molar-refractivity contribution in [1.82, 2.24) is 0 Å². The minimum absolute atomic E-state index is 0.125. The van der Waals surface area contributed by atoms with Crippen LogP contribution in [0.3, 0.4) is 0 Å². The lowest BCUT2D eigenvalue weighted by Gasteiger charge is -2.40. The molecule has 2 rings (SSSR count). The quantitative estimate of drug-likeness (QED) is 0.833. The number of hydrogen-bond donors (Lipinski definition) is 1. The maximum Gasteiger partial charge on any atom is 0.230 e. The van der Waals surface area contributed by atoms with Crippen molar-refractivity contribution in [2.45, 2.75) is 32.3 Å². The van der Waals surface area contributed by atoms with E-state index in [9.17, 15) is 4.79 Å². The number of carbonyl (C=O) groups excluding carboxylic acids is 1. The fourth-order valence-electron chi connectivity index (χ4n) is 2.61. The fraction of sp³-hybridized carbons (Fsp3) is 0.562. The summed E-state index contributed by atoms with van der Waals surface area (Å²) < 4.78 is 10.2. The summed E-state index contributed by atoms with van der Waals surface area (Å²) in [7, 11) is 3.35. The summed E-state index contributed by atoms with van der Waals surface area (Å²) in [6, 6.07) is 7.80. The standard InChI is InChI=1S/C16H23NO3/c1-19-11-10-16(8-3-9-16)15(18)17-14-6-4-13(5-7-14)12-20-2/h4-7H,3,8-12H2,1-2H3,(H,17,18). The van der Waals surface area contributed by atoms with E-state index in [2.05, 4.69) is 5.32 Å². The summed E-state index contributed by atoms with van der Waals surface area (Å²) in [6.07, 6.45) is 3.86. The smallest absolute Gasteiger partial charge is 0.230 e. The molecule has 1 aliphatic carbocycles. The van der Waals surface area contributed by atoms with Gasteiger partial charge in [-0.25, -0.2) is 0 Å². The van der Waals surface area contributed by atoms with Gasteiger partial charge in [0.25, 0.3) is 0 Å². The van der Waals surface area contributed by atoms with Crippen LogP contribution in [0, 0.1) is 5.41 Å². The maximum absolute atomic E-state index is 12.4. The van der Waals surface area contributed by atoms with E-state index in [0.717, 1.165) is 36.9 Å². The number of methoxy groups -OCH3 is 2. The van der Waals surface area contributed by atoms with E-state index in [1.807, 2.05) is 24.3 Å². The van der Waals surface area contributed by atoms with Gasteiger partial charge in [-0.2, -0.15) is 0 Å². The molecule has 0 saturated heterocycles. The van der Waals surface area contributed by atoms with Gasteiger partial charge in [0.1, 0.15) is 0 Å². The van der Waals surface area contributed by atoms with Gasteiger partial charge in [0.2, 0.25) is 5.91 Å². The van der Waals surface area contributed by atoms with Gasteiger partial charge in [-0.3, -0.25) is 4.79 Å². The minimum atomic E-state index is -0.221. The Kier molecular flexibility index (Phi) is 5.15. The van der Waals surface area contributed by atoms with Crippen molar-refractivity contribution < 1.29 is 14.3 Å². The van der Waals surface area contributed by atoms with E-state index in [1.165, 1.54) is 0 Å². The molecule has 0 aliphatic heterocycles. The van der Waals surface area contributed by atoms with E-state index >= 15 is 0 Å². The lowest BCUT2D eigenvalue weighted by atomic mass is 9.66. The van der Waals surface area contributed by atoms with Crippen LogP contribution in [0.5, 0.6) is 0 Å². The van der Waals surface area contributed by atoms with Crippen molar-refractivity contribution in [1.29, 1.82) is 0 Å². The topological polar surface area (TPSA) is 47.6 Å². The molecule has 1 aliphatic rings. The van der Waals surface area contributed by atoms with Crippen LogP contribution in [-0.2, 0) is 20.9 Å². The Labute approximate surface area is 120 Å². The lowest BCUT2D eigenvalue weighted by molar-refractivity contribution is -0.131. The van der Waals surface area contributed by atoms with Gasteiger partial charge >= 0.3 is 0 Å². The first kappa shape index (κ1) is 15.0. The van der Waals surface area contributed by atoms with E-state index < -0.39 is 0 Å². The average Bonchev–Trinajstić information content (AvgIpc) is 2.40. The average molecular weight is 277 g/mol. The third kappa shape index (κ3) is 3.38. The molecule has 1 aromatic rings. The number of amides is 1. The summed E-state index contributed by atoms with van der Waals surface area (Å²) >= 11 is 0. The summed E-state index contributed by atoms with van der Waals surface area (Å²) in [6.45, 7) is 1.23. The van der Waals surface area contributed by atoms with Crippen molar-refractivity contribution in [3.05, 3.63) is 29.8 Å². The van der Waals surface area contributed by atoms with Crippen LogP contribution >= 0.6 is 0 Å². The van der Waals surface area contributed by atoms with Crippen molar-refractivity contribution in [2.24, 2.45) is 5.41 Å². The first-order valence-corrected chi connectivity index (χ1v) is 7.08. The zero-order valence-corrected chi connectivity index (χ0v) is 12.3. The molecule has 1 aromatic carbocycles. The Balaban J connectivity index is 1.96. The normalized spacial score (nSPS) is 16.5. The molecule has 20 heavy (non-hydrogen) atoms. The first-order valence-electron chi connectivity index (χ1n) is 7.08. The molecule has 0 radical (unpaired) electrons. The van der Waals surface area contributed by atoms with Crippen LogP contribution in [0.4, 0.5) is 5.69 Å². The molecule has 110 valence electrons. The first-order chi connectivity index (χ1) is 9.70. The third-order valence-corrected chi connectivity index (χ3v) is 4.10. The number of hydrogen-bond acceptors (Lipinski definition) is 3. The highest BCUT2D eigenvalue weighted by atomic mass is 16.5. The largest absolute Gasteiger partial charge is 0.385 e. The molecule has 0 heterocycles. The second-order valence-electron chi connectivity index (χ2n) is 5.46. The van der Waals surface area contributed by atoms with Crippen molar-refractivity contribution in [2.75, 3.05) is 26.1 Å². The SMILES string of the molecule is COCCC1(C(=O)Nc2ccc(COC)cc2)CCC1. The summed E-state index contributed by atoms with van der Waals surface area (Å²) in [5.41, 5.74) is 1.73. The zero-order chi connectivity index (χ0) is 14.4. The van der Waals surface area contributed by atoms with Crippen LogP contribution in [0.2, 0.25) is 0 Å². The molecular weight excluding hydrogens is 254 g/mol. The van der Waals surface area contributed by atoms with Crippen LogP contribution in [0.25, 0.3) is 0 Å². The molecule has 1 fully saturated rings. The Morgan fingerprint density at radius 2 is 1.90 bits per heavy atom. The minimum Gasteiger partial charge on any atom is -0.385 e. The highest BCUT2D eigenvalue weighted by molar-refractivity contribution is 5.95. The summed E-state index contributed by atoms with van der Waals surface area (Å²) in [5.74, 6) is 0.125. The Morgan fingerprint density at radius 1 is 1.20 bits per heavy atom. The van der Waals surface area contributed by atoms with Gasteiger partial charge in [-0.05, 0) is 37.0 Å². The van der Waals surface area contributed by atoms with E-state index in [1.54, 1.807) is 14.2 Å². The molecular formula is C16H23NO3. The molecule has 0 atom stereocenters. The second kappa shape index (κ2) is 6.86. The van der Waals surface area contributed by atoms with E-state index in [4.69, 9.17) is 9.47 Å². The summed E-state index contributed by atoms with van der Waals surface area (Å²) in [4.78, 5) is 12.4. The summed E-state index contributed by atoms with van der Waals surface area (Å²) in [5, 5.41) is 3.03. The number of anilines is 1. The Bertz CT molecular complexity index is 438. The maximum atomic E-state index is 12.4. The molecule has 0 spiro atoms. The van der Waals surface area contributed by atoms with Gasteiger partial charge in [0.15, 0.2) is 0 Å². The number of rotatable bonds is 7. The van der Waals surface area contributed by atoms with Crippen LogP contribution in [0.1, 0.15) is 31.2 Å². The van der Waals surface area contributed by atoms with Gasteiger partial charge < -0.3 is 14.8 Å². The Morgan fingerprint density at radius 3 is 2.40 bits per heavy atom. The third-order valence-electron chi connectivity index (χ3n) is 4.10. The Hall–Kier alpha value is -1.39. The molecule has 1 amide bonds. The van der Waals surface area contributed by atoms with Crippen molar-refractivity contribution in [3.63, 3.8) is 0 Å².